The first-order chi connectivity index (χ1) is 11.5. The molecule has 1 aliphatic heterocycles. The molecular formula is C18H16BrN3OS. The van der Waals surface area contributed by atoms with Gasteiger partial charge in [0.15, 0.2) is 5.11 Å². The Morgan fingerprint density at radius 1 is 1.08 bits per heavy atom. The molecular weight excluding hydrogens is 386 g/mol. The molecule has 24 heavy (non-hydrogen) atoms. The van der Waals surface area contributed by atoms with Crippen LogP contribution in [0.1, 0.15) is 5.56 Å². The van der Waals surface area contributed by atoms with Crippen molar-refractivity contribution in [2.24, 2.45) is 0 Å². The SMILES string of the molecule is CN(C)c1ccc(C=C2NC(=S)N(c3ccc(Br)cc3)C2=O)cc1. The second-order valence-corrected chi connectivity index (χ2v) is 6.89. The number of hydrogen-bond donors (Lipinski definition) is 1. The lowest BCUT2D eigenvalue weighted by Crippen LogP contribution is -2.30. The Morgan fingerprint density at radius 3 is 2.29 bits per heavy atom. The van der Waals surface area contributed by atoms with E-state index in [1.165, 1.54) is 4.90 Å². The van der Waals surface area contributed by atoms with Crippen molar-refractivity contribution in [1.29, 1.82) is 0 Å². The summed E-state index contributed by atoms with van der Waals surface area (Å²) in [5, 5.41) is 3.39. The molecule has 1 heterocycles. The number of thiocarbonyl (C=S) groups is 1. The molecule has 1 aliphatic rings. The molecule has 0 spiro atoms. The minimum Gasteiger partial charge on any atom is -0.378 e. The highest BCUT2D eigenvalue weighted by Crippen LogP contribution is 2.24. The molecule has 0 saturated carbocycles. The summed E-state index contributed by atoms with van der Waals surface area (Å²) >= 11 is 8.71. The van der Waals surface area contributed by atoms with Gasteiger partial charge in [0, 0.05) is 24.3 Å². The summed E-state index contributed by atoms with van der Waals surface area (Å²) in [7, 11) is 3.98. The van der Waals surface area contributed by atoms with Crippen molar-refractivity contribution < 1.29 is 4.79 Å². The van der Waals surface area contributed by atoms with Gasteiger partial charge in [-0.25, -0.2) is 0 Å². The normalized spacial score (nSPS) is 15.8. The van der Waals surface area contributed by atoms with E-state index in [-0.39, 0.29) is 5.91 Å². The minimum absolute atomic E-state index is 0.154. The molecule has 0 aliphatic carbocycles. The van der Waals surface area contributed by atoms with Gasteiger partial charge in [0.05, 0.1) is 5.69 Å². The van der Waals surface area contributed by atoms with E-state index in [2.05, 4.69) is 21.2 Å². The average Bonchev–Trinajstić information content (AvgIpc) is 2.83. The second-order valence-electron chi connectivity index (χ2n) is 5.59. The van der Waals surface area contributed by atoms with Gasteiger partial charge in [-0.2, -0.15) is 0 Å². The van der Waals surface area contributed by atoms with Crippen LogP contribution >= 0.6 is 28.1 Å². The molecule has 0 bridgehead atoms. The smallest absolute Gasteiger partial charge is 0.281 e. The lowest BCUT2D eigenvalue weighted by Gasteiger charge is -2.13. The van der Waals surface area contributed by atoms with E-state index in [1.54, 1.807) is 0 Å². The Hall–Kier alpha value is -2.18. The van der Waals surface area contributed by atoms with Crippen molar-refractivity contribution in [3.63, 3.8) is 0 Å². The van der Waals surface area contributed by atoms with E-state index >= 15 is 0 Å². The van der Waals surface area contributed by atoms with Crippen LogP contribution in [0.25, 0.3) is 6.08 Å². The van der Waals surface area contributed by atoms with Gasteiger partial charge >= 0.3 is 0 Å². The molecule has 1 N–H and O–H groups in total. The molecule has 1 fully saturated rings. The Morgan fingerprint density at radius 2 is 1.71 bits per heavy atom. The number of halogens is 1. The molecule has 0 radical (unpaired) electrons. The standard InChI is InChI=1S/C18H16BrN3OS/c1-21(2)14-7-3-12(4-8-14)11-16-17(23)22(18(24)20-16)15-9-5-13(19)6-10-15/h3-11H,1-2H3,(H,20,24). The zero-order valence-electron chi connectivity index (χ0n) is 13.3. The molecule has 0 atom stereocenters. The third kappa shape index (κ3) is 3.34. The topological polar surface area (TPSA) is 35.6 Å². The van der Waals surface area contributed by atoms with Gasteiger partial charge in [-0.3, -0.25) is 9.69 Å². The lowest BCUT2D eigenvalue weighted by atomic mass is 10.1. The number of amides is 1. The van der Waals surface area contributed by atoms with Crippen molar-refractivity contribution in [3.05, 3.63) is 64.3 Å². The van der Waals surface area contributed by atoms with E-state index in [0.29, 0.717) is 10.8 Å². The average molecular weight is 402 g/mol. The summed E-state index contributed by atoms with van der Waals surface area (Å²) in [5.41, 5.74) is 3.26. The van der Waals surface area contributed by atoms with Crippen molar-refractivity contribution >= 4 is 56.6 Å². The number of benzene rings is 2. The van der Waals surface area contributed by atoms with Crippen LogP contribution in [0.5, 0.6) is 0 Å². The largest absolute Gasteiger partial charge is 0.378 e. The molecule has 3 rings (SSSR count). The zero-order chi connectivity index (χ0) is 17.3. The highest BCUT2D eigenvalue weighted by Gasteiger charge is 2.31. The van der Waals surface area contributed by atoms with Gasteiger partial charge in [0.25, 0.3) is 5.91 Å². The van der Waals surface area contributed by atoms with Gasteiger partial charge in [0.2, 0.25) is 0 Å². The monoisotopic (exact) mass is 401 g/mol. The third-order valence-corrected chi connectivity index (χ3v) is 4.50. The maximum absolute atomic E-state index is 12.7. The highest BCUT2D eigenvalue weighted by molar-refractivity contribution is 9.10. The summed E-state index contributed by atoms with van der Waals surface area (Å²) in [4.78, 5) is 16.2. The van der Waals surface area contributed by atoms with Gasteiger partial charge in [-0.1, -0.05) is 28.1 Å². The van der Waals surface area contributed by atoms with Crippen LogP contribution < -0.4 is 15.1 Å². The predicted molar refractivity (Wildman–Crippen MR) is 106 cm³/mol. The van der Waals surface area contributed by atoms with Crippen LogP contribution in [-0.2, 0) is 4.79 Å². The lowest BCUT2D eigenvalue weighted by molar-refractivity contribution is -0.113. The fraction of sp³-hybridized carbons (Fsp3) is 0.111. The zero-order valence-corrected chi connectivity index (χ0v) is 15.7. The fourth-order valence-corrected chi connectivity index (χ4v) is 2.96. The van der Waals surface area contributed by atoms with Crippen LogP contribution in [0, 0.1) is 0 Å². The Kier molecular flexibility index (Phi) is 4.69. The molecule has 6 heteroatoms. The van der Waals surface area contributed by atoms with Crippen molar-refractivity contribution in [3.8, 4) is 0 Å². The first kappa shape index (κ1) is 16.7. The van der Waals surface area contributed by atoms with Gasteiger partial charge in [-0.15, -0.1) is 0 Å². The maximum Gasteiger partial charge on any atom is 0.281 e. The highest BCUT2D eigenvalue weighted by atomic mass is 79.9. The molecule has 2 aromatic rings. The number of hydrogen-bond acceptors (Lipinski definition) is 3. The minimum atomic E-state index is -0.154. The first-order valence-electron chi connectivity index (χ1n) is 7.36. The number of anilines is 2. The molecule has 0 unspecified atom stereocenters. The second kappa shape index (κ2) is 6.75. The van der Waals surface area contributed by atoms with Crippen LogP contribution in [0.15, 0.2) is 58.7 Å². The number of nitrogens with one attached hydrogen (secondary N) is 1. The Balaban J connectivity index is 1.86. The molecule has 0 aromatic heterocycles. The number of carbonyl (C=O) groups excluding carboxylic acids is 1. The van der Waals surface area contributed by atoms with Gasteiger partial charge in [-0.05, 0) is 60.3 Å². The number of nitrogens with zero attached hydrogens (tertiary/aromatic N) is 2. The van der Waals surface area contributed by atoms with Crippen molar-refractivity contribution in [2.75, 3.05) is 23.9 Å². The summed E-state index contributed by atoms with van der Waals surface area (Å²) in [6, 6.07) is 15.4. The number of carbonyl (C=O) groups is 1. The van der Waals surface area contributed by atoms with Crippen molar-refractivity contribution in [2.45, 2.75) is 0 Å². The third-order valence-electron chi connectivity index (χ3n) is 3.68. The molecule has 2 aromatic carbocycles. The summed E-state index contributed by atoms with van der Waals surface area (Å²) in [6.07, 6.45) is 1.81. The van der Waals surface area contributed by atoms with Crippen LogP contribution in [0.2, 0.25) is 0 Å². The van der Waals surface area contributed by atoms with E-state index in [0.717, 1.165) is 21.4 Å². The summed E-state index contributed by atoms with van der Waals surface area (Å²) < 4.78 is 0.952. The molecule has 1 amide bonds. The Bertz CT molecular complexity index is 813. The van der Waals surface area contributed by atoms with E-state index < -0.39 is 0 Å². The number of rotatable bonds is 3. The van der Waals surface area contributed by atoms with Gasteiger partial charge < -0.3 is 10.2 Å². The van der Waals surface area contributed by atoms with E-state index in [1.807, 2.05) is 73.6 Å². The quantitative estimate of drug-likeness (QED) is 0.626. The van der Waals surface area contributed by atoms with E-state index in [4.69, 9.17) is 12.2 Å². The van der Waals surface area contributed by atoms with Crippen LogP contribution in [0.3, 0.4) is 0 Å². The summed E-state index contributed by atoms with van der Waals surface area (Å²) in [6.45, 7) is 0. The predicted octanol–water partition coefficient (Wildman–Crippen LogP) is 3.78. The molecule has 122 valence electrons. The Labute approximate surface area is 154 Å². The van der Waals surface area contributed by atoms with Crippen LogP contribution in [-0.4, -0.2) is 25.1 Å². The summed E-state index contributed by atoms with van der Waals surface area (Å²) in [5.74, 6) is -0.154. The maximum atomic E-state index is 12.7. The molecule has 4 nitrogen and oxygen atoms in total. The van der Waals surface area contributed by atoms with E-state index in [9.17, 15) is 4.79 Å². The molecule has 1 saturated heterocycles. The van der Waals surface area contributed by atoms with Crippen molar-refractivity contribution in [1.82, 2.24) is 5.32 Å². The fourth-order valence-electron chi connectivity index (χ4n) is 2.40. The first-order valence-corrected chi connectivity index (χ1v) is 8.56. The van der Waals surface area contributed by atoms with Gasteiger partial charge in [0.1, 0.15) is 5.70 Å². The van der Waals surface area contributed by atoms with Crippen LogP contribution in [0.4, 0.5) is 11.4 Å².